The minimum absolute atomic E-state index is 0.154. The summed E-state index contributed by atoms with van der Waals surface area (Å²) < 4.78 is 6.08. The first kappa shape index (κ1) is 30.9. The van der Waals surface area contributed by atoms with Gasteiger partial charge in [-0.05, 0) is 67.0 Å². The second-order valence-corrected chi connectivity index (χ2v) is 10.4. The van der Waals surface area contributed by atoms with Crippen molar-refractivity contribution in [1.29, 1.82) is 0 Å². The van der Waals surface area contributed by atoms with Gasteiger partial charge in [0.25, 0.3) is 12.4 Å². The van der Waals surface area contributed by atoms with Gasteiger partial charge in [-0.25, -0.2) is 0 Å². The summed E-state index contributed by atoms with van der Waals surface area (Å²) in [4.78, 5) is 23.6. The fourth-order valence-corrected chi connectivity index (χ4v) is 4.65. The molecule has 1 amide bonds. The fraction of sp³-hybridized carbons (Fsp3) is 0.412. The average Bonchev–Trinajstić information content (AvgIpc) is 3.73. The standard InChI is InChI=1S/C33H41NO3.CH2O2/c1-3-5-7-10-24-37-31-13-9-8-12-30(31)25-34(33(36)22-23-33)32(35)29-20-18-28(19-21-29)27-16-14-26(15-17-27)11-6-4-2;2-1-3/h8-9,12-21,36H,3-7,10-11,22-25H2,1-2H3;1H,(H,2,3). The molecule has 0 bridgehead atoms. The van der Waals surface area contributed by atoms with Gasteiger partial charge in [-0.15, -0.1) is 0 Å². The molecule has 4 rings (SSSR count). The van der Waals surface area contributed by atoms with Gasteiger partial charge in [-0.2, -0.15) is 0 Å². The molecule has 3 aromatic carbocycles. The van der Waals surface area contributed by atoms with Gasteiger partial charge in [0.1, 0.15) is 11.5 Å². The number of carbonyl (C=O) groups is 2. The van der Waals surface area contributed by atoms with Crippen molar-refractivity contribution in [1.82, 2.24) is 4.90 Å². The van der Waals surface area contributed by atoms with Gasteiger partial charge < -0.3 is 19.8 Å². The molecule has 0 heterocycles. The molecule has 6 heteroatoms. The lowest BCUT2D eigenvalue weighted by Gasteiger charge is -2.29. The largest absolute Gasteiger partial charge is 0.493 e. The lowest BCUT2D eigenvalue weighted by Crippen LogP contribution is -2.41. The van der Waals surface area contributed by atoms with E-state index in [2.05, 4.69) is 38.1 Å². The summed E-state index contributed by atoms with van der Waals surface area (Å²) in [7, 11) is 0. The molecule has 0 atom stereocenters. The maximum atomic E-state index is 13.6. The van der Waals surface area contributed by atoms with Crippen LogP contribution in [0.3, 0.4) is 0 Å². The number of ether oxygens (including phenoxy) is 1. The summed E-state index contributed by atoms with van der Waals surface area (Å²) in [5, 5.41) is 17.9. The highest BCUT2D eigenvalue weighted by molar-refractivity contribution is 5.95. The van der Waals surface area contributed by atoms with Crippen molar-refractivity contribution in [2.45, 2.75) is 83.9 Å². The zero-order valence-electron chi connectivity index (χ0n) is 23.9. The fourth-order valence-electron chi connectivity index (χ4n) is 4.65. The van der Waals surface area contributed by atoms with Gasteiger partial charge >= 0.3 is 0 Å². The van der Waals surface area contributed by atoms with Crippen LogP contribution in [0.15, 0.2) is 72.8 Å². The second kappa shape index (κ2) is 15.8. The molecule has 0 aromatic heterocycles. The van der Waals surface area contributed by atoms with Crippen LogP contribution in [0, 0.1) is 0 Å². The average molecular weight is 546 g/mol. The molecule has 1 aliphatic carbocycles. The van der Waals surface area contributed by atoms with Crippen LogP contribution in [0.4, 0.5) is 0 Å². The van der Waals surface area contributed by atoms with Crippen molar-refractivity contribution in [3.63, 3.8) is 0 Å². The molecule has 0 radical (unpaired) electrons. The van der Waals surface area contributed by atoms with Crippen LogP contribution in [-0.2, 0) is 17.8 Å². The van der Waals surface area contributed by atoms with Gasteiger partial charge in [0.05, 0.1) is 13.2 Å². The van der Waals surface area contributed by atoms with Crippen LogP contribution in [0.2, 0.25) is 0 Å². The van der Waals surface area contributed by atoms with E-state index >= 15 is 0 Å². The number of aryl methyl sites for hydroxylation is 1. The summed E-state index contributed by atoms with van der Waals surface area (Å²) >= 11 is 0. The number of hydrogen-bond donors (Lipinski definition) is 2. The second-order valence-electron chi connectivity index (χ2n) is 10.4. The van der Waals surface area contributed by atoms with Crippen molar-refractivity contribution in [3.05, 3.63) is 89.5 Å². The Hall–Kier alpha value is -3.64. The Morgan fingerprint density at radius 2 is 1.48 bits per heavy atom. The molecule has 6 nitrogen and oxygen atoms in total. The lowest BCUT2D eigenvalue weighted by molar-refractivity contribution is -0.122. The van der Waals surface area contributed by atoms with Gasteiger partial charge in [0.15, 0.2) is 0 Å². The zero-order valence-corrected chi connectivity index (χ0v) is 23.9. The Morgan fingerprint density at radius 3 is 2.08 bits per heavy atom. The van der Waals surface area contributed by atoms with Crippen molar-refractivity contribution in [3.8, 4) is 16.9 Å². The summed E-state index contributed by atoms with van der Waals surface area (Å²) in [6.07, 6.45) is 9.28. The molecule has 1 saturated carbocycles. The SMILES string of the molecule is CCCCCCOc1ccccc1CN(C(=O)c1ccc(-c2ccc(CCCC)cc2)cc1)C1(O)CC1.O=CO. The predicted octanol–water partition coefficient (Wildman–Crippen LogP) is 7.48. The van der Waals surface area contributed by atoms with Gasteiger partial charge in [-0.3, -0.25) is 9.59 Å². The summed E-state index contributed by atoms with van der Waals surface area (Å²) in [6.45, 7) is 5.14. The highest BCUT2D eigenvalue weighted by Crippen LogP contribution is 2.41. The van der Waals surface area contributed by atoms with Gasteiger partial charge in [0, 0.05) is 11.1 Å². The van der Waals surface area contributed by atoms with E-state index in [1.807, 2.05) is 48.5 Å². The van der Waals surface area contributed by atoms with E-state index in [0.717, 1.165) is 41.7 Å². The third kappa shape index (κ3) is 8.95. The van der Waals surface area contributed by atoms with Crippen LogP contribution in [0.5, 0.6) is 5.75 Å². The van der Waals surface area contributed by atoms with E-state index in [0.29, 0.717) is 31.6 Å². The van der Waals surface area contributed by atoms with Crippen LogP contribution >= 0.6 is 0 Å². The summed E-state index contributed by atoms with van der Waals surface area (Å²) in [5.41, 5.74) is 4.00. The topological polar surface area (TPSA) is 87.1 Å². The first-order chi connectivity index (χ1) is 19.5. The molecular weight excluding hydrogens is 502 g/mol. The highest BCUT2D eigenvalue weighted by Gasteiger charge is 2.49. The normalized spacial score (nSPS) is 13.1. The third-order valence-corrected chi connectivity index (χ3v) is 7.24. The van der Waals surface area contributed by atoms with Crippen molar-refractivity contribution >= 4 is 12.4 Å². The maximum Gasteiger partial charge on any atom is 0.290 e. The van der Waals surface area contributed by atoms with E-state index in [4.69, 9.17) is 14.6 Å². The Kier molecular flexibility index (Phi) is 12.2. The Balaban J connectivity index is 0.00000141. The minimum atomic E-state index is -1.09. The molecule has 2 N–H and O–H groups in total. The van der Waals surface area contributed by atoms with E-state index in [-0.39, 0.29) is 12.4 Å². The number of nitrogens with zero attached hydrogens (tertiary/aromatic N) is 1. The molecule has 1 aliphatic rings. The lowest BCUT2D eigenvalue weighted by atomic mass is 10.0. The number of hydrogen-bond acceptors (Lipinski definition) is 4. The van der Waals surface area contributed by atoms with Gasteiger partial charge in [0.2, 0.25) is 0 Å². The number of aliphatic hydroxyl groups is 1. The van der Waals surface area contributed by atoms with E-state index < -0.39 is 5.72 Å². The van der Waals surface area contributed by atoms with Crippen LogP contribution < -0.4 is 4.74 Å². The highest BCUT2D eigenvalue weighted by atomic mass is 16.5. The smallest absolute Gasteiger partial charge is 0.290 e. The monoisotopic (exact) mass is 545 g/mol. The van der Waals surface area contributed by atoms with Crippen molar-refractivity contribution in [2.24, 2.45) is 0 Å². The molecular formula is C34H43NO5. The van der Waals surface area contributed by atoms with Crippen LogP contribution in [-0.4, -0.2) is 39.8 Å². The van der Waals surface area contributed by atoms with E-state index in [1.165, 1.54) is 31.2 Å². The van der Waals surface area contributed by atoms with Crippen LogP contribution in [0.1, 0.15) is 86.7 Å². The number of carbonyl (C=O) groups excluding carboxylic acids is 1. The molecule has 214 valence electrons. The number of amides is 1. The van der Waals surface area contributed by atoms with Crippen molar-refractivity contribution < 1.29 is 24.5 Å². The molecule has 0 unspecified atom stereocenters. The van der Waals surface area contributed by atoms with E-state index in [1.54, 1.807) is 4.90 Å². The molecule has 1 fully saturated rings. The molecule has 0 spiro atoms. The quantitative estimate of drug-likeness (QED) is 0.125. The molecule has 3 aromatic rings. The molecule has 0 aliphatic heterocycles. The number of benzene rings is 3. The molecule has 0 saturated heterocycles. The summed E-state index contributed by atoms with van der Waals surface area (Å²) in [6, 6.07) is 24.3. The number of rotatable bonds is 14. The Labute approximate surface area is 238 Å². The number of carboxylic acid groups (broad SMARTS) is 1. The van der Waals surface area contributed by atoms with E-state index in [9.17, 15) is 9.90 Å². The third-order valence-electron chi connectivity index (χ3n) is 7.24. The Bertz CT molecular complexity index is 1190. The molecule has 40 heavy (non-hydrogen) atoms. The Morgan fingerprint density at radius 1 is 0.875 bits per heavy atom. The first-order valence-electron chi connectivity index (χ1n) is 14.5. The first-order valence-corrected chi connectivity index (χ1v) is 14.5. The minimum Gasteiger partial charge on any atom is -0.493 e. The zero-order chi connectivity index (χ0) is 28.8. The predicted molar refractivity (Wildman–Crippen MR) is 159 cm³/mol. The maximum absolute atomic E-state index is 13.6. The van der Waals surface area contributed by atoms with Crippen molar-refractivity contribution in [2.75, 3.05) is 6.61 Å². The number of para-hydroxylation sites is 1. The number of unbranched alkanes of at least 4 members (excludes halogenated alkanes) is 4. The van der Waals surface area contributed by atoms with Crippen LogP contribution in [0.25, 0.3) is 11.1 Å². The summed E-state index contributed by atoms with van der Waals surface area (Å²) in [5.74, 6) is 0.637. The van der Waals surface area contributed by atoms with Gasteiger partial charge in [-0.1, -0.05) is 94.1 Å².